The van der Waals surface area contributed by atoms with E-state index in [2.05, 4.69) is 9.88 Å². The van der Waals surface area contributed by atoms with Gasteiger partial charge >= 0.3 is 5.97 Å². The highest BCUT2D eigenvalue weighted by atomic mass is 16.5. The van der Waals surface area contributed by atoms with Gasteiger partial charge in [0.1, 0.15) is 6.54 Å². The maximum atomic E-state index is 12.7. The molecule has 0 fully saturated rings. The summed E-state index contributed by atoms with van der Waals surface area (Å²) in [5, 5.41) is 2.51. The monoisotopic (exact) mass is 492 g/mol. The Morgan fingerprint density at radius 2 is 1.58 bits per heavy atom. The molecule has 1 amide bonds. The number of ether oxygens (including phenoxy) is 3. The summed E-state index contributed by atoms with van der Waals surface area (Å²) < 4.78 is 18.2. The average Bonchev–Trinajstić information content (AvgIpc) is 3.16. The highest BCUT2D eigenvalue weighted by Gasteiger charge is 2.18. The Bertz CT molecular complexity index is 1220. The van der Waals surface area contributed by atoms with Crippen molar-refractivity contribution in [2.75, 3.05) is 26.4 Å². The zero-order chi connectivity index (χ0) is 26.1. The van der Waals surface area contributed by atoms with Crippen LogP contribution in [0.25, 0.3) is 0 Å². The van der Waals surface area contributed by atoms with Gasteiger partial charge in [0, 0.05) is 29.1 Å². The molecule has 1 N–H and O–H groups in total. The highest BCUT2D eigenvalue weighted by Crippen LogP contribution is 2.28. The molecule has 0 aliphatic heterocycles. The fourth-order valence-corrected chi connectivity index (χ4v) is 3.81. The van der Waals surface area contributed by atoms with E-state index in [1.165, 1.54) is 0 Å². The molecule has 0 unspecified atom stereocenters. The molecule has 8 heteroatoms. The molecular weight excluding hydrogens is 460 g/mol. The summed E-state index contributed by atoms with van der Waals surface area (Å²) in [5.74, 6) is -0.477. The molecule has 8 nitrogen and oxygen atoms in total. The van der Waals surface area contributed by atoms with E-state index in [1.807, 2.05) is 58.0 Å². The Hall–Kier alpha value is -4.07. The summed E-state index contributed by atoms with van der Waals surface area (Å²) in [7, 11) is 0. The Morgan fingerprint density at radius 3 is 2.28 bits per heavy atom. The molecular formula is C28H32N2O6. The summed E-state index contributed by atoms with van der Waals surface area (Å²) in [6, 6.07) is 16.6. The molecule has 3 aromatic rings. The van der Waals surface area contributed by atoms with Crippen molar-refractivity contribution in [3.05, 3.63) is 82.7 Å². The largest absolute Gasteiger partial charge is 0.490 e. The maximum absolute atomic E-state index is 12.7. The predicted molar refractivity (Wildman–Crippen MR) is 136 cm³/mol. The first-order valence-corrected chi connectivity index (χ1v) is 11.9. The van der Waals surface area contributed by atoms with Gasteiger partial charge in [0.05, 0.1) is 13.2 Å². The number of ketones is 1. The molecule has 0 radical (unpaired) electrons. The van der Waals surface area contributed by atoms with E-state index >= 15 is 0 Å². The van der Waals surface area contributed by atoms with Crippen LogP contribution in [-0.4, -0.2) is 48.6 Å². The number of carbonyl (C=O) groups excluding carboxylic acids is 3. The van der Waals surface area contributed by atoms with Gasteiger partial charge in [-0.15, -0.1) is 0 Å². The molecule has 1 heterocycles. The van der Waals surface area contributed by atoms with Crippen LogP contribution in [-0.2, 0) is 16.1 Å². The van der Waals surface area contributed by atoms with Crippen LogP contribution in [0, 0.1) is 13.8 Å². The van der Waals surface area contributed by atoms with Crippen LogP contribution >= 0.6 is 0 Å². The number of amides is 1. The number of rotatable bonds is 12. The highest BCUT2D eigenvalue weighted by molar-refractivity contribution is 6.00. The number of aromatic nitrogens is 1. The number of nitrogens with one attached hydrogen (secondary N) is 1. The molecule has 1 aromatic heterocycles. The molecule has 0 atom stereocenters. The van der Waals surface area contributed by atoms with E-state index in [4.69, 9.17) is 14.2 Å². The van der Waals surface area contributed by atoms with Gasteiger partial charge in [-0.3, -0.25) is 14.4 Å². The summed E-state index contributed by atoms with van der Waals surface area (Å²) in [6.45, 7) is 8.26. The first kappa shape index (κ1) is 26.5. The summed E-state index contributed by atoms with van der Waals surface area (Å²) in [5.41, 5.74) is 3.71. The lowest BCUT2D eigenvalue weighted by Gasteiger charge is -2.12. The third kappa shape index (κ3) is 6.75. The predicted octanol–water partition coefficient (Wildman–Crippen LogP) is 4.11. The van der Waals surface area contributed by atoms with Crippen molar-refractivity contribution in [1.82, 2.24) is 9.88 Å². The zero-order valence-corrected chi connectivity index (χ0v) is 21.1. The topological polar surface area (TPSA) is 95.9 Å². The van der Waals surface area contributed by atoms with Crippen LogP contribution in [0.2, 0.25) is 0 Å². The minimum atomic E-state index is -0.703. The van der Waals surface area contributed by atoms with E-state index in [0.717, 1.165) is 17.0 Å². The first-order chi connectivity index (χ1) is 17.3. The number of esters is 1. The lowest BCUT2D eigenvalue weighted by molar-refractivity contribution is -0.141. The molecule has 0 saturated carbocycles. The minimum absolute atomic E-state index is 0.296. The molecule has 0 saturated heterocycles. The van der Waals surface area contributed by atoms with Crippen molar-refractivity contribution in [2.45, 2.75) is 34.2 Å². The second-order valence-corrected chi connectivity index (χ2v) is 8.15. The maximum Gasteiger partial charge on any atom is 0.325 e. The number of hydrogen-bond donors (Lipinski definition) is 1. The second kappa shape index (κ2) is 12.6. The van der Waals surface area contributed by atoms with Gasteiger partial charge in [-0.05, 0) is 57.5 Å². The molecule has 190 valence electrons. The van der Waals surface area contributed by atoms with E-state index in [-0.39, 0.29) is 12.3 Å². The van der Waals surface area contributed by atoms with Crippen molar-refractivity contribution >= 4 is 17.7 Å². The Labute approximate surface area is 211 Å². The minimum Gasteiger partial charge on any atom is -0.490 e. The number of hydrogen-bond acceptors (Lipinski definition) is 6. The third-order valence-electron chi connectivity index (χ3n) is 5.62. The standard InChI is InChI=1S/C28H32N2O6/c1-5-34-25-13-12-22(15-26(25)35-6-2)28(33)29-16-27(32)36-18-24(31)23-14-19(3)30(20(23)4)17-21-10-8-7-9-11-21/h7-15H,5-6,16-18H2,1-4H3,(H,29,33). The molecule has 2 aromatic carbocycles. The van der Waals surface area contributed by atoms with Crippen molar-refractivity contribution < 1.29 is 28.6 Å². The zero-order valence-electron chi connectivity index (χ0n) is 21.1. The Morgan fingerprint density at radius 1 is 0.889 bits per heavy atom. The summed E-state index contributed by atoms with van der Waals surface area (Å²) >= 11 is 0. The van der Waals surface area contributed by atoms with Crippen molar-refractivity contribution in [3.8, 4) is 11.5 Å². The molecule has 36 heavy (non-hydrogen) atoms. The van der Waals surface area contributed by atoms with Crippen LogP contribution in [0.15, 0.2) is 54.6 Å². The first-order valence-electron chi connectivity index (χ1n) is 11.9. The van der Waals surface area contributed by atoms with Crippen LogP contribution in [0.4, 0.5) is 0 Å². The fourth-order valence-electron chi connectivity index (χ4n) is 3.81. The van der Waals surface area contributed by atoms with E-state index in [0.29, 0.717) is 42.4 Å². The van der Waals surface area contributed by atoms with Gasteiger partial charge in [0.15, 0.2) is 18.1 Å². The van der Waals surface area contributed by atoms with E-state index < -0.39 is 18.5 Å². The molecule has 3 rings (SSSR count). The fraction of sp³-hybridized carbons (Fsp3) is 0.321. The normalized spacial score (nSPS) is 10.6. The summed E-state index contributed by atoms with van der Waals surface area (Å²) in [4.78, 5) is 37.4. The number of benzene rings is 2. The smallest absolute Gasteiger partial charge is 0.325 e. The number of carbonyl (C=O) groups is 3. The van der Waals surface area contributed by atoms with Gasteiger partial charge in [0.25, 0.3) is 5.91 Å². The van der Waals surface area contributed by atoms with Gasteiger partial charge in [-0.1, -0.05) is 30.3 Å². The van der Waals surface area contributed by atoms with Crippen molar-refractivity contribution in [1.29, 1.82) is 0 Å². The molecule has 0 spiro atoms. The lowest BCUT2D eigenvalue weighted by Crippen LogP contribution is -2.31. The van der Waals surface area contributed by atoms with Crippen molar-refractivity contribution in [3.63, 3.8) is 0 Å². The number of aryl methyl sites for hydroxylation is 1. The van der Waals surface area contributed by atoms with E-state index in [1.54, 1.807) is 24.3 Å². The average molecular weight is 493 g/mol. The summed E-state index contributed by atoms with van der Waals surface area (Å²) in [6.07, 6.45) is 0. The third-order valence-corrected chi connectivity index (χ3v) is 5.62. The van der Waals surface area contributed by atoms with Crippen LogP contribution in [0.3, 0.4) is 0 Å². The lowest BCUT2D eigenvalue weighted by atomic mass is 10.1. The van der Waals surface area contributed by atoms with Gasteiger partial charge in [-0.2, -0.15) is 0 Å². The van der Waals surface area contributed by atoms with Crippen LogP contribution < -0.4 is 14.8 Å². The quantitative estimate of drug-likeness (QED) is 0.302. The van der Waals surface area contributed by atoms with E-state index in [9.17, 15) is 14.4 Å². The second-order valence-electron chi connectivity index (χ2n) is 8.15. The number of nitrogens with zero attached hydrogens (tertiary/aromatic N) is 1. The molecule has 0 bridgehead atoms. The number of Topliss-reactive ketones (excluding diaryl/α,β-unsaturated/α-hetero) is 1. The van der Waals surface area contributed by atoms with Crippen molar-refractivity contribution in [2.24, 2.45) is 0 Å². The van der Waals surface area contributed by atoms with Gasteiger partial charge < -0.3 is 24.1 Å². The van der Waals surface area contributed by atoms with Crippen LogP contribution in [0.5, 0.6) is 11.5 Å². The van der Waals surface area contributed by atoms with Crippen LogP contribution in [0.1, 0.15) is 51.5 Å². The Kier molecular flexibility index (Phi) is 9.27. The van der Waals surface area contributed by atoms with Gasteiger partial charge in [0.2, 0.25) is 5.78 Å². The van der Waals surface area contributed by atoms with Gasteiger partial charge in [-0.25, -0.2) is 0 Å². The molecule has 0 aliphatic carbocycles. The SMILES string of the molecule is CCOc1ccc(C(=O)NCC(=O)OCC(=O)c2cc(C)n(Cc3ccccc3)c2C)cc1OCC. The molecule has 0 aliphatic rings. The Balaban J connectivity index is 1.54.